The van der Waals surface area contributed by atoms with E-state index in [0.29, 0.717) is 23.6 Å². The Labute approximate surface area is 109 Å². The molecule has 0 aliphatic rings. The second kappa shape index (κ2) is 7.58. The van der Waals surface area contributed by atoms with E-state index in [9.17, 15) is 4.79 Å². The maximum atomic E-state index is 11.6. The van der Waals surface area contributed by atoms with Crippen molar-refractivity contribution in [1.82, 2.24) is 5.32 Å². The first kappa shape index (κ1) is 14.4. The van der Waals surface area contributed by atoms with E-state index in [2.05, 4.69) is 12.2 Å². The molecule has 0 fully saturated rings. The summed E-state index contributed by atoms with van der Waals surface area (Å²) in [5.74, 6) is 0.407. The summed E-state index contributed by atoms with van der Waals surface area (Å²) in [6, 6.07) is 5.09. The molecule has 0 radical (unpaired) electrons. The first-order valence-corrected chi connectivity index (χ1v) is 6.43. The highest BCUT2D eigenvalue weighted by molar-refractivity contribution is 5.97. The number of carbonyl (C=O) groups excluding carboxylic acids is 1. The van der Waals surface area contributed by atoms with Crippen molar-refractivity contribution in [2.24, 2.45) is 0 Å². The lowest BCUT2D eigenvalue weighted by Gasteiger charge is -2.11. The van der Waals surface area contributed by atoms with Gasteiger partial charge in [-0.05, 0) is 18.6 Å². The highest BCUT2D eigenvalue weighted by Gasteiger charge is 2.11. The van der Waals surface area contributed by atoms with Crippen molar-refractivity contribution in [2.75, 3.05) is 19.4 Å². The first-order chi connectivity index (χ1) is 8.69. The molecule has 1 rings (SSSR count). The molecule has 0 atom stereocenters. The Bertz CT molecular complexity index is 391. The molecule has 4 nitrogen and oxygen atoms in total. The van der Waals surface area contributed by atoms with Crippen molar-refractivity contribution in [2.45, 2.75) is 32.6 Å². The van der Waals surface area contributed by atoms with Crippen molar-refractivity contribution >= 4 is 11.6 Å². The third-order valence-electron chi connectivity index (χ3n) is 2.73. The zero-order chi connectivity index (χ0) is 13.4. The number of benzene rings is 1. The second-order valence-electron chi connectivity index (χ2n) is 4.24. The average molecular weight is 250 g/mol. The van der Waals surface area contributed by atoms with E-state index >= 15 is 0 Å². The van der Waals surface area contributed by atoms with E-state index in [1.165, 1.54) is 12.8 Å². The molecule has 0 spiro atoms. The maximum Gasteiger partial charge on any atom is 0.254 e. The van der Waals surface area contributed by atoms with Crippen LogP contribution in [-0.4, -0.2) is 19.6 Å². The highest BCUT2D eigenvalue weighted by atomic mass is 16.5. The number of nitrogens with one attached hydrogen (secondary N) is 1. The number of carbonyl (C=O) groups is 1. The van der Waals surface area contributed by atoms with E-state index in [1.807, 2.05) is 0 Å². The van der Waals surface area contributed by atoms with Crippen molar-refractivity contribution in [3.8, 4) is 5.75 Å². The fraction of sp³-hybridized carbons (Fsp3) is 0.500. The number of hydrogen-bond acceptors (Lipinski definition) is 3. The quantitative estimate of drug-likeness (QED) is 0.577. The minimum Gasteiger partial charge on any atom is -0.493 e. The van der Waals surface area contributed by atoms with Gasteiger partial charge in [-0.3, -0.25) is 4.79 Å². The molecule has 0 aliphatic heterocycles. The summed E-state index contributed by atoms with van der Waals surface area (Å²) in [4.78, 5) is 11.6. The number of nitrogens with two attached hydrogens (primary N) is 1. The van der Waals surface area contributed by atoms with Crippen LogP contribution in [0.4, 0.5) is 5.69 Å². The normalized spacial score (nSPS) is 10.1. The van der Waals surface area contributed by atoms with E-state index in [0.717, 1.165) is 12.8 Å². The van der Waals surface area contributed by atoms with Crippen LogP contribution in [0.25, 0.3) is 0 Å². The molecule has 4 heteroatoms. The summed E-state index contributed by atoms with van der Waals surface area (Å²) < 4.78 is 5.65. The molecule has 0 bridgehead atoms. The SMILES string of the molecule is CCCCCCOc1cc(N)ccc1C(=O)NC. The van der Waals surface area contributed by atoms with Crippen LogP contribution in [0.3, 0.4) is 0 Å². The molecule has 0 saturated carbocycles. The number of rotatable bonds is 7. The van der Waals surface area contributed by atoms with E-state index in [1.54, 1.807) is 25.2 Å². The Morgan fingerprint density at radius 1 is 1.33 bits per heavy atom. The smallest absolute Gasteiger partial charge is 0.254 e. The van der Waals surface area contributed by atoms with E-state index in [4.69, 9.17) is 10.5 Å². The largest absolute Gasteiger partial charge is 0.493 e. The van der Waals surface area contributed by atoms with Crippen LogP contribution in [0.2, 0.25) is 0 Å². The summed E-state index contributed by atoms with van der Waals surface area (Å²) in [7, 11) is 1.60. The van der Waals surface area contributed by atoms with Crippen LogP contribution in [0.15, 0.2) is 18.2 Å². The number of hydrogen-bond donors (Lipinski definition) is 2. The third kappa shape index (κ3) is 4.28. The Kier molecular flexibility index (Phi) is 6.05. The van der Waals surface area contributed by atoms with Gasteiger partial charge in [0.1, 0.15) is 5.75 Å². The standard InChI is InChI=1S/C14H22N2O2/c1-3-4-5-6-9-18-13-10-11(15)7-8-12(13)14(17)16-2/h7-8,10H,3-6,9,15H2,1-2H3,(H,16,17). The van der Waals surface area contributed by atoms with Gasteiger partial charge >= 0.3 is 0 Å². The van der Waals surface area contributed by atoms with Crippen LogP contribution >= 0.6 is 0 Å². The molecule has 0 heterocycles. The zero-order valence-corrected chi connectivity index (χ0v) is 11.2. The molecule has 1 amide bonds. The number of unbranched alkanes of at least 4 members (excludes halogenated alkanes) is 3. The molecule has 18 heavy (non-hydrogen) atoms. The van der Waals surface area contributed by atoms with Crippen molar-refractivity contribution < 1.29 is 9.53 Å². The molecule has 0 saturated heterocycles. The van der Waals surface area contributed by atoms with Crippen LogP contribution in [0, 0.1) is 0 Å². The lowest BCUT2D eigenvalue weighted by Crippen LogP contribution is -2.19. The second-order valence-corrected chi connectivity index (χ2v) is 4.24. The Morgan fingerprint density at radius 3 is 2.78 bits per heavy atom. The van der Waals surface area contributed by atoms with E-state index in [-0.39, 0.29) is 5.91 Å². The van der Waals surface area contributed by atoms with Crippen molar-refractivity contribution in [1.29, 1.82) is 0 Å². The van der Waals surface area contributed by atoms with Gasteiger partial charge in [-0.25, -0.2) is 0 Å². The summed E-state index contributed by atoms with van der Waals surface area (Å²) in [6.45, 7) is 2.79. The van der Waals surface area contributed by atoms with Gasteiger partial charge in [0.05, 0.1) is 12.2 Å². The molecule has 0 aliphatic carbocycles. The summed E-state index contributed by atoms with van der Waals surface area (Å²) >= 11 is 0. The number of nitrogen functional groups attached to an aromatic ring is 1. The van der Waals surface area contributed by atoms with Gasteiger partial charge in [0.25, 0.3) is 5.91 Å². The summed E-state index contributed by atoms with van der Waals surface area (Å²) in [5, 5.41) is 2.59. The average Bonchev–Trinajstić information content (AvgIpc) is 2.38. The number of ether oxygens (including phenoxy) is 1. The van der Waals surface area contributed by atoms with Gasteiger partial charge in [0.15, 0.2) is 0 Å². The predicted molar refractivity (Wildman–Crippen MR) is 73.9 cm³/mol. The van der Waals surface area contributed by atoms with Gasteiger partial charge in [-0.1, -0.05) is 26.2 Å². The topological polar surface area (TPSA) is 64.3 Å². The fourth-order valence-electron chi connectivity index (χ4n) is 1.69. The van der Waals surface area contributed by atoms with Gasteiger partial charge in [-0.15, -0.1) is 0 Å². The van der Waals surface area contributed by atoms with Crippen molar-refractivity contribution in [3.05, 3.63) is 23.8 Å². The molecular formula is C14H22N2O2. The van der Waals surface area contributed by atoms with E-state index < -0.39 is 0 Å². The Balaban J connectivity index is 2.62. The molecule has 1 aromatic carbocycles. The predicted octanol–water partition coefficient (Wildman–Crippen LogP) is 2.59. The number of amides is 1. The van der Waals surface area contributed by atoms with Crippen LogP contribution < -0.4 is 15.8 Å². The van der Waals surface area contributed by atoms with Gasteiger partial charge in [-0.2, -0.15) is 0 Å². The van der Waals surface area contributed by atoms with Gasteiger partial charge in [0, 0.05) is 18.8 Å². The lowest BCUT2D eigenvalue weighted by atomic mass is 10.1. The zero-order valence-electron chi connectivity index (χ0n) is 11.2. The molecule has 3 N–H and O–H groups in total. The summed E-state index contributed by atoms with van der Waals surface area (Å²) in [5.41, 5.74) is 6.84. The maximum absolute atomic E-state index is 11.6. The van der Waals surface area contributed by atoms with Crippen molar-refractivity contribution in [3.63, 3.8) is 0 Å². The Hall–Kier alpha value is -1.71. The van der Waals surface area contributed by atoms with Crippen LogP contribution in [0.1, 0.15) is 43.0 Å². The van der Waals surface area contributed by atoms with Crippen LogP contribution in [-0.2, 0) is 0 Å². The molecule has 100 valence electrons. The van der Waals surface area contributed by atoms with Crippen LogP contribution in [0.5, 0.6) is 5.75 Å². The highest BCUT2D eigenvalue weighted by Crippen LogP contribution is 2.22. The summed E-state index contributed by atoms with van der Waals surface area (Å²) in [6.07, 6.45) is 4.55. The molecule has 0 unspecified atom stereocenters. The molecule has 1 aromatic rings. The van der Waals surface area contributed by atoms with Gasteiger partial charge in [0.2, 0.25) is 0 Å². The molecular weight excluding hydrogens is 228 g/mol. The monoisotopic (exact) mass is 250 g/mol. The Morgan fingerprint density at radius 2 is 2.11 bits per heavy atom. The first-order valence-electron chi connectivity index (χ1n) is 6.43. The minimum atomic E-state index is -0.154. The fourth-order valence-corrected chi connectivity index (χ4v) is 1.69. The number of anilines is 1. The molecule has 0 aromatic heterocycles. The lowest BCUT2D eigenvalue weighted by molar-refractivity contribution is 0.0959. The van der Waals surface area contributed by atoms with Gasteiger partial charge < -0.3 is 15.8 Å². The minimum absolute atomic E-state index is 0.154. The third-order valence-corrected chi connectivity index (χ3v) is 2.73.